The van der Waals surface area contributed by atoms with Gasteiger partial charge in [0.1, 0.15) is 0 Å². The lowest BCUT2D eigenvalue weighted by Gasteiger charge is -2.08. The molecule has 0 heterocycles. The number of benzene rings is 1. The van der Waals surface area contributed by atoms with Crippen molar-refractivity contribution in [2.24, 2.45) is 5.73 Å². The summed E-state index contributed by atoms with van der Waals surface area (Å²) in [5.74, 6) is -0.757. The Balaban J connectivity index is 2.56. The number of hydrogen-bond donors (Lipinski definition) is 3. The maximum atomic E-state index is 11.5. The lowest BCUT2D eigenvalue weighted by molar-refractivity contribution is -0.123. The zero-order chi connectivity index (χ0) is 12.8. The van der Waals surface area contributed by atoms with E-state index in [4.69, 9.17) is 17.3 Å². The van der Waals surface area contributed by atoms with E-state index in [-0.39, 0.29) is 24.9 Å². The van der Waals surface area contributed by atoms with Gasteiger partial charge in [-0.05, 0) is 18.2 Å². The standard InChI is InChI=1S/C10H11BrClN3O2/c11-6-1-2-7(12)8(3-6)15-10(17)5-14-9(16)4-13/h1-3H,4-5,13H2,(H,14,16)(H,15,17). The maximum absolute atomic E-state index is 11.5. The third-order valence-corrected chi connectivity index (χ3v) is 2.66. The van der Waals surface area contributed by atoms with Gasteiger partial charge in [-0.1, -0.05) is 27.5 Å². The van der Waals surface area contributed by atoms with Gasteiger partial charge in [-0.15, -0.1) is 0 Å². The quantitative estimate of drug-likeness (QED) is 0.777. The van der Waals surface area contributed by atoms with Crippen molar-refractivity contribution in [3.8, 4) is 0 Å². The number of carbonyl (C=O) groups excluding carboxylic acids is 2. The Morgan fingerprint density at radius 1 is 1.35 bits per heavy atom. The normalized spacial score (nSPS) is 9.82. The largest absolute Gasteiger partial charge is 0.346 e. The molecule has 2 amide bonds. The molecule has 0 aromatic heterocycles. The molecule has 0 bridgehead atoms. The lowest BCUT2D eigenvalue weighted by Crippen LogP contribution is -2.36. The first-order valence-electron chi connectivity index (χ1n) is 4.74. The summed E-state index contributed by atoms with van der Waals surface area (Å²) in [5, 5.41) is 5.35. The molecule has 0 aliphatic rings. The predicted octanol–water partition coefficient (Wildman–Crippen LogP) is 1.12. The van der Waals surface area contributed by atoms with E-state index in [1.165, 1.54) is 0 Å². The summed E-state index contributed by atoms with van der Waals surface area (Å²) in [6, 6.07) is 5.08. The van der Waals surface area contributed by atoms with Gasteiger partial charge in [-0.2, -0.15) is 0 Å². The highest BCUT2D eigenvalue weighted by atomic mass is 79.9. The van der Waals surface area contributed by atoms with Crippen LogP contribution in [0.15, 0.2) is 22.7 Å². The van der Waals surface area contributed by atoms with E-state index in [1.54, 1.807) is 18.2 Å². The average molecular weight is 321 g/mol. The van der Waals surface area contributed by atoms with E-state index < -0.39 is 0 Å². The Labute approximate surface area is 112 Å². The molecule has 0 atom stereocenters. The van der Waals surface area contributed by atoms with Gasteiger partial charge >= 0.3 is 0 Å². The number of carbonyl (C=O) groups is 2. The molecule has 0 unspecified atom stereocenters. The second kappa shape index (κ2) is 6.58. The van der Waals surface area contributed by atoms with E-state index >= 15 is 0 Å². The van der Waals surface area contributed by atoms with Crippen LogP contribution < -0.4 is 16.4 Å². The Morgan fingerprint density at radius 3 is 2.71 bits per heavy atom. The van der Waals surface area contributed by atoms with Crippen molar-refractivity contribution in [3.05, 3.63) is 27.7 Å². The summed E-state index contributed by atoms with van der Waals surface area (Å²) < 4.78 is 0.795. The first kappa shape index (κ1) is 14.0. The van der Waals surface area contributed by atoms with Gasteiger partial charge in [0, 0.05) is 4.47 Å². The van der Waals surface area contributed by atoms with E-state index in [1.807, 2.05) is 0 Å². The predicted molar refractivity (Wildman–Crippen MR) is 69.8 cm³/mol. The summed E-state index contributed by atoms with van der Waals surface area (Å²) in [4.78, 5) is 22.3. The number of amides is 2. The fourth-order valence-electron chi connectivity index (χ4n) is 1.04. The SMILES string of the molecule is NCC(=O)NCC(=O)Nc1cc(Br)ccc1Cl. The minimum Gasteiger partial charge on any atom is -0.346 e. The van der Waals surface area contributed by atoms with Gasteiger partial charge in [-0.25, -0.2) is 0 Å². The molecule has 0 radical (unpaired) electrons. The van der Waals surface area contributed by atoms with Gasteiger partial charge in [-0.3, -0.25) is 9.59 Å². The highest BCUT2D eigenvalue weighted by Crippen LogP contribution is 2.25. The van der Waals surface area contributed by atoms with Crippen molar-refractivity contribution in [2.45, 2.75) is 0 Å². The Hall–Kier alpha value is -1.11. The van der Waals surface area contributed by atoms with Crippen molar-refractivity contribution < 1.29 is 9.59 Å². The minimum atomic E-state index is -0.388. The number of anilines is 1. The van der Waals surface area contributed by atoms with Crippen molar-refractivity contribution in [1.82, 2.24) is 5.32 Å². The molecule has 1 aromatic carbocycles. The summed E-state index contributed by atoms with van der Waals surface area (Å²) in [5.41, 5.74) is 5.56. The van der Waals surface area contributed by atoms with E-state index in [0.29, 0.717) is 10.7 Å². The van der Waals surface area contributed by atoms with Gasteiger partial charge in [0.15, 0.2) is 0 Å². The Bertz CT molecular complexity index is 440. The van der Waals surface area contributed by atoms with Crippen LogP contribution >= 0.6 is 27.5 Å². The second-order valence-corrected chi connectivity index (χ2v) is 4.48. The number of halogens is 2. The summed E-state index contributed by atoms with van der Waals surface area (Å²) in [6.45, 7) is -0.288. The van der Waals surface area contributed by atoms with E-state index in [9.17, 15) is 9.59 Å². The van der Waals surface area contributed by atoms with Crippen molar-refractivity contribution in [2.75, 3.05) is 18.4 Å². The number of hydrogen-bond acceptors (Lipinski definition) is 3. The molecular weight excluding hydrogens is 309 g/mol. The fraction of sp³-hybridized carbons (Fsp3) is 0.200. The minimum absolute atomic E-state index is 0.140. The highest BCUT2D eigenvalue weighted by molar-refractivity contribution is 9.10. The van der Waals surface area contributed by atoms with Gasteiger partial charge in [0.2, 0.25) is 11.8 Å². The van der Waals surface area contributed by atoms with Gasteiger partial charge < -0.3 is 16.4 Å². The zero-order valence-corrected chi connectivity index (χ0v) is 11.1. The highest BCUT2D eigenvalue weighted by Gasteiger charge is 2.07. The van der Waals surface area contributed by atoms with Gasteiger partial charge in [0.05, 0.1) is 23.8 Å². The van der Waals surface area contributed by atoms with Crippen LogP contribution in [0.3, 0.4) is 0 Å². The lowest BCUT2D eigenvalue weighted by atomic mass is 10.3. The molecule has 0 saturated heterocycles. The van der Waals surface area contributed by atoms with Crippen molar-refractivity contribution >= 4 is 45.0 Å². The Morgan fingerprint density at radius 2 is 2.06 bits per heavy atom. The number of nitrogens with two attached hydrogens (primary N) is 1. The van der Waals surface area contributed by atoms with Crippen LogP contribution in [0.4, 0.5) is 5.69 Å². The second-order valence-electron chi connectivity index (χ2n) is 3.15. The number of rotatable bonds is 4. The van der Waals surface area contributed by atoms with Crippen molar-refractivity contribution in [3.63, 3.8) is 0 Å². The third kappa shape index (κ3) is 4.72. The molecule has 7 heteroatoms. The molecule has 0 saturated carbocycles. The molecule has 92 valence electrons. The van der Waals surface area contributed by atoms with Crippen LogP contribution in [0.25, 0.3) is 0 Å². The maximum Gasteiger partial charge on any atom is 0.243 e. The Kier molecular flexibility index (Phi) is 5.40. The smallest absolute Gasteiger partial charge is 0.243 e. The molecular formula is C10H11BrClN3O2. The van der Waals surface area contributed by atoms with Crippen LogP contribution in [-0.2, 0) is 9.59 Å². The van der Waals surface area contributed by atoms with Gasteiger partial charge in [0.25, 0.3) is 0 Å². The molecule has 1 rings (SSSR count). The van der Waals surface area contributed by atoms with E-state index in [2.05, 4.69) is 26.6 Å². The van der Waals surface area contributed by atoms with Crippen LogP contribution in [0.2, 0.25) is 5.02 Å². The first-order valence-corrected chi connectivity index (χ1v) is 5.91. The van der Waals surface area contributed by atoms with Crippen LogP contribution in [0.1, 0.15) is 0 Å². The monoisotopic (exact) mass is 319 g/mol. The molecule has 17 heavy (non-hydrogen) atoms. The zero-order valence-electron chi connectivity index (χ0n) is 8.80. The molecule has 5 nitrogen and oxygen atoms in total. The molecule has 4 N–H and O–H groups in total. The van der Waals surface area contributed by atoms with E-state index in [0.717, 1.165) is 4.47 Å². The average Bonchev–Trinajstić information content (AvgIpc) is 2.30. The summed E-state index contributed by atoms with van der Waals surface area (Å²) in [7, 11) is 0. The van der Waals surface area contributed by atoms with Crippen molar-refractivity contribution in [1.29, 1.82) is 0 Å². The third-order valence-electron chi connectivity index (χ3n) is 1.83. The molecule has 0 spiro atoms. The van der Waals surface area contributed by atoms with Crippen LogP contribution in [-0.4, -0.2) is 24.9 Å². The van der Waals surface area contributed by atoms with Crippen LogP contribution in [0, 0.1) is 0 Å². The molecule has 1 aromatic rings. The first-order chi connectivity index (χ1) is 8.02. The summed E-state index contributed by atoms with van der Waals surface area (Å²) in [6.07, 6.45) is 0. The molecule has 0 aliphatic heterocycles. The number of nitrogens with one attached hydrogen (secondary N) is 2. The molecule has 0 aliphatic carbocycles. The summed E-state index contributed by atoms with van der Waals surface area (Å²) >= 11 is 9.15. The fourth-order valence-corrected chi connectivity index (χ4v) is 1.56. The topological polar surface area (TPSA) is 84.2 Å². The van der Waals surface area contributed by atoms with Crippen LogP contribution in [0.5, 0.6) is 0 Å². The molecule has 0 fully saturated rings.